The summed E-state index contributed by atoms with van der Waals surface area (Å²) in [6, 6.07) is 0. The van der Waals surface area contributed by atoms with Crippen molar-refractivity contribution in [2.75, 3.05) is 19.8 Å². The molecule has 0 radical (unpaired) electrons. The topological polar surface area (TPSA) is 44.5 Å². The maximum Gasteiger partial charge on any atom is 0.0930 e. The molecule has 4 atom stereocenters. The maximum absolute atomic E-state index is 5.90. The minimum atomic E-state index is 0.0691. The van der Waals surface area contributed by atoms with Gasteiger partial charge in [0, 0.05) is 13.2 Å². The molecular weight excluding hydrogens is 202 g/mol. The van der Waals surface area contributed by atoms with Gasteiger partial charge in [-0.15, -0.1) is 0 Å². The molecule has 1 aliphatic carbocycles. The fourth-order valence-electron chi connectivity index (χ4n) is 2.31. The Hall–Kier alpha value is -0.120. The van der Waals surface area contributed by atoms with E-state index < -0.39 is 0 Å². The van der Waals surface area contributed by atoms with Gasteiger partial charge in [0.1, 0.15) is 0 Å². The molecule has 1 fully saturated rings. The maximum atomic E-state index is 5.90. The SMILES string of the molecule is CCOC(CN)COC1CCC(C)C(C)C1. The third kappa shape index (κ3) is 4.40. The van der Waals surface area contributed by atoms with Crippen LogP contribution in [0, 0.1) is 11.8 Å². The number of hydrogen-bond acceptors (Lipinski definition) is 3. The van der Waals surface area contributed by atoms with Gasteiger partial charge in [0.15, 0.2) is 0 Å². The second-order valence-electron chi connectivity index (χ2n) is 5.04. The Bertz CT molecular complexity index is 187. The van der Waals surface area contributed by atoms with Gasteiger partial charge in [-0.05, 0) is 38.0 Å². The Kier molecular flexibility index (Phi) is 6.32. The zero-order valence-electron chi connectivity index (χ0n) is 10.9. The predicted octanol–water partition coefficient (Wildman–Crippen LogP) is 2.19. The Morgan fingerprint density at radius 3 is 2.56 bits per heavy atom. The molecule has 0 aromatic rings. The van der Waals surface area contributed by atoms with Crippen LogP contribution in [0.2, 0.25) is 0 Å². The van der Waals surface area contributed by atoms with E-state index in [0.717, 1.165) is 11.8 Å². The summed E-state index contributed by atoms with van der Waals surface area (Å²) in [6.07, 6.45) is 4.15. The molecule has 0 saturated heterocycles. The van der Waals surface area contributed by atoms with Gasteiger partial charge in [-0.1, -0.05) is 13.8 Å². The third-order valence-electron chi connectivity index (χ3n) is 3.73. The van der Waals surface area contributed by atoms with Crippen LogP contribution in [0.4, 0.5) is 0 Å². The average molecular weight is 229 g/mol. The van der Waals surface area contributed by atoms with Crippen LogP contribution in [0.15, 0.2) is 0 Å². The smallest absolute Gasteiger partial charge is 0.0930 e. The van der Waals surface area contributed by atoms with E-state index in [1.54, 1.807) is 0 Å². The van der Waals surface area contributed by atoms with E-state index in [1.807, 2.05) is 6.92 Å². The van der Waals surface area contributed by atoms with Gasteiger partial charge in [-0.2, -0.15) is 0 Å². The summed E-state index contributed by atoms with van der Waals surface area (Å²) in [6.45, 7) is 8.56. The van der Waals surface area contributed by atoms with Gasteiger partial charge in [0.05, 0.1) is 18.8 Å². The van der Waals surface area contributed by atoms with Crippen molar-refractivity contribution in [3.63, 3.8) is 0 Å². The van der Waals surface area contributed by atoms with Crippen LogP contribution in [0.25, 0.3) is 0 Å². The summed E-state index contributed by atoms with van der Waals surface area (Å²) >= 11 is 0. The van der Waals surface area contributed by atoms with Crippen LogP contribution in [0.1, 0.15) is 40.0 Å². The molecule has 96 valence electrons. The second kappa shape index (κ2) is 7.25. The first-order valence-corrected chi connectivity index (χ1v) is 6.60. The molecule has 3 nitrogen and oxygen atoms in total. The van der Waals surface area contributed by atoms with E-state index in [0.29, 0.717) is 25.9 Å². The molecule has 0 heterocycles. The first-order chi connectivity index (χ1) is 7.67. The first kappa shape index (κ1) is 13.9. The zero-order chi connectivity index (χ0) is 12.0. The molecule has 0 aromatic carbocycles. The van der Waals surface area contributed by atoms with Crippen molar-refractivity contribution < 1.29 is 9.47 Å². The monoisotopic (exact) mass is 229 g/mol. The Balaban J connectivity index is 2.21. The van der Waals surface area contributed by atoms with Crippen LogP contribution in [0.5, 0.6) is 0 Å². The standard InChI is InChI=1S/C13H27NO2/c1-4-15-13(8-14)9-16-12-6-5-10(2)11(3)7-12/h10-13H,4-9,14H2,1-3H3. The summed E-state index contributed by atoms with van der Waals surface area (Å²) in [7, 11) is 0. The number of hydrogen-bond donors (Lipinski definition) is 1. The molecule has 1 aliphatic rings. The lowest BCUT2D eigenvalue weighted by molar-refractivity contribution is -0.0574. The molecule has 1 saturated carbocycles. The van der Waals surface area contributed by atoms with Crippen molar-refractivity contribution in [2.45, 2.75) is 52.2 Å². The lowest BCUT2D eigenvalue weighted by Crippen LogP contribution is -2.33. The van der Waals surface area contributed by atoms with Gasteiger partial charge in [-0.3, -0.25) is 0 Å². The third-order valence-corrected chi connectivity index (χ3v) is 3.73. The summed E-state index contributed by atoms with van der Waals surface area (Å²) in [5.41, 5.74) is 5.62. The van der Waals surface area contributed by atoms with Gasteiger partial charge in [0.25, 0.3) is 0 Å². The number of ether oxygens (including phenoxy) is 2. The lowest BCUT2D eigenvalue weighted by Gasteiger charge is -2.32. The van der Waals surface area contributed by atoms with Crippen LogP contribution in [-0.2, 0) is 9.47 Å². The summed E-state index contributed by atoms with van der Waals surface area (Å²) in [4.78, 5) is 0. The molecule has 0 aromatic heterocycles. The predicted molar refractivity (Wildman–Crippen MR) is 66.4 cm³/mol. The van der Waals surface area contributed by atoms with Crippen LogP contribution in [-0.4, -0.2) is 32.0 Å². The second-order valence-corrected chi connectivity index (χ2v) is 5.04. The number of rotatable bonds is 6. The molecule has 1 rings (SSSR count). The fraction of sp³-hybridized carbons (Fsp3) is 1.00. The van der Waals surface area contributed by atoms with Crippen molar-refractivity contribution in [2.24, 2.45) is 17.6 Å². The normalized spacial score (nSPS) is 32.6. The first-order valence-electron chi connectivity index (χ1n) is 6.60. The molecular formula is C13H27NO2. The highest BCUT2D eigenvalue weighted by Gasteiger charge is 2.25. The molecule has 0 spiro atoms. The summed E-state index contributed by atoms with van der Waals surface area (Å²) in [5, 5.41) is 0. The van der Waals surface area contributed by atoms with Crippen LogP contribution in [0.3, 0.4) is 0 Å². The van der Waals surface area contributed by atoms with Gasteiger partial charge in [0.2, 0.25) is 0 Å². The van der Waals surface area contributed by atoms with Crippen molar-refractivity contribution >= 4 is 0 Å². The lowest BCUT2D eigenvalue weighted by atomic mass is 9.80. The van der Waals surface area contributed by atoms with Crippen molar-refractivity contribution in [1.29, 1.82) is 0 Å². The molecule has 3 heteroatoms. The largest absolute Gasteiger partial charge is 0.375 e. The minimum Gasteiger partial charge on any atom is -0.375 e. The van der Waals surface area contributed by atoms with Crippen LogP contribution < -0.4 is 5.73 Å². The molecule has 4 unspecified atom stereocenters. The molecule has 2 N–H and O–H groups in total. The van der Waals surface area contributed by atoms with E-state index >= 15 is 0 Å². The Morgan fingerprint density at radius 2 is 2.00 bits per heavy atom. The molecule has 0 amide bonds. The zero-order valence-corrected chi connectivity index (χ0v) is 10.9. The molecule has 0 bridgehead atoms. The van der Waals surface area contributed by atoms with Gasteiger partial charge < -0.3 is 15.2 Å². The van der Waals surface area contributed by atoms with E-state index in [4.69, 9.17) is 15.2 Å². The highest BCUT2D eigenvalue weighted by atomic mass is 16.5. The van der Waals surface area contributed by atoms with Gasteiger partial charge >= 0.3 is 0 Å². The van der Waals surface area contributed by atoms with Crippen LogP contribution >= 0.6 is 0 Å². The van der Waals surface area contributed by atoms with Crippen molar-refractivity contribution in [3.8, 4) is 0 Å². The highest BCUT2D eigenvalue weighted by Crippen LogP contribution is 2.30. The highest BCUT2D eigenvalue weighted by molar-refractivity contribution is 4.76. The molecule has 16 heavy (non-hydrogen) atoms. The van der Waals surface area contributed by atoms with Crippen molar-refractivity contribution in [1.82, 2.24) is 0 Å². The Morgan fingerprint density at radius 1 is 1.25 bits per heavy atom. The van der Waals surface area contributed by atoms with E-state index in [1.165, 1.54) is 19.3 Å². The van der Waals surface area contributed by atoms with E-state index in [9.17, 15) is 0 Å². The van der Waals surface area contributed by atoms with E-state index in [2.05, 4.69) is 13.8 Å². The summed E-state index contributed by atoms with van der Waals surface area (Å²) in [5.74, 6) is 1.62. The fourth-order valence-corrected chi connectivity index (χ4v) is 2.31. The van der Waals surface area contributed by atoms with Crippen molar-refractivity contribution in [3.05, 3.63) is 0 Å². The number of nitrogens with two attached hydrogens (primary N) is 1. The molecule has 0 aliphatic heterocycles. The van der Waals surface area contributed by atoms with E-state index in [-0.39, 0.29) is 6.10 Å². The minimum absolute atomic E-state index is 0.0691. The summed E-state index contributed by atoms with van der Waals surface area (Å²) < 4.78 is 11.4. The average Bonchev–Trinajstić information content (AvgIpc) is 2.28. The quantitative estimate of drug-likeness (QED) is 0.759. The Labute approximate surface area is 99.7 Å². The van der Waals surface area contributed by atoms with Gasteiger partial charge in [-0.25, -0.2) is 0 Å².